The van der Waals surface area contributed by atoms with Gasteiger partial charge in [-0.1, -0.05) is 32.0 Å². The van der Waals surface area contributed by atoms with Crippen LogP contribution in [-0.2, 0) is 14.8 Å². The predicted molar refractivity (Wildman–Crippen MR) is 146 cm³/mol. The Morgan fingerprint density at radius 3 is 2.34 bits per heavy atom. The van der Waals surface area contributed by atoms with Gasteiger partial charge in [0.05, 0.1) is 29.6 Å². The third-order valence-electron chi connectivity index (χ3n) is 5.29. The Balaban J connectivity index is 1.65. The number of phenols is 1. The smallest absolute Gasteiger partial charge is 0.263 e. The van der Waals surface area contributed by atoms with E-state index in [-0.39, 0.29) is 40.8 Å². The summed E-state index contributed by atoms with van der Waals surface area (Å²) in [5, 5.41) is 18.7. The molecule has 0 radical (unpaired) electrons. The maximum absolute atomic E-state index is 13.4. The highest BCUT2D eigenvalue weighted by Gasteiger charge is 2.20. The van der Waals surface area contributed by atoms with E-state index in [0.717, 1.165) is 0 Å². The van der Waals surface area contributed by atoms with E-state index in [2.05, 4.69) is 30.6 Å². The number of rotatable bonds is 10. The van der Waals surface area contributed by atoms with Crippen LogP contribution in [0.1, 0.15) is 13.8 Å². The van der Waals surface area contributed by atoms with E-state index in [9.17, 15) is 18.3 Å². The zero-order valence-electron chi connectivity index (χ0n) is 21.0. The second-order valence-electron chi connectivity index (χ2n) is 8.67. The molecule has 1 heterocycles. The van der Waals surface area contributed by atoms with Gasteiger partial charge in [-0.3, -0.25) is 9.52 Å². The van der Waals surface area contributed by atoms with Gasteiger partial charge < -0.3 is 25.8 Å². The molecule has 0 bridgehead atoms. The highest BCUT2D eigenvalue weighted by atomic mass is 32.2. The van der Waals surface area contributed by atoms with Crippen LogP contribution in [0.3, 0.4) is 0 Å². The maximum atomic E-state index is 13.4. The maximum Gasteiger partial charge on any atom is 0.263 e. The molecule has 4 aromatic rings. The molecule has 4 rings (SSSR count). The fraction of sp³-hybridized carbons (Fsp3) is 0.192. The number of carbonyl (C=O) groups excluding carboxylic acids is 1. The molecule has 11 nitrogen and oxygen atoms in total. The molecule has 0 saturated carbocycles. The second kappa shape index (κ2) is 11.3. The molecule has 1 amide bonds. The van der Waals surface area contributed by atoms with Crippen LogP contribution in [0.25, 0.3) is 11.0 Å². The number of para-hydroxylation sites is 2. The SMILES string of the molecule is COc1cc(O)cc(Nc2nc3ccccc3nc2NS(=O)(=O)c2cccc(NC(=O)CNC(C)C)c2)c1. The number of hydrogen-bond acceptors (Lipinski definition) is 9. The van der Waals surface area contributed by atoms with Gasteiger partial charge in [-0.25, -0.2) is 18.4 Å². The number of nitrogens with zero attached hydrogens (tertiary/aromatic N) is 2. The van der Waals surface area contributed by atoms with Gasteiger partial charge in [0.15, 0.2) is 11.6 Å². The minimum Gasteiger partial charge on any atom is -0.508 e. The standard InChI is InChI=1S/C26H28N6O5S/c1-16(2)27-15-24(34)28-17-7-6-8-21(13-17)38(35,36)32-26-25(30-22-9-4-5-10-23(22)31-26)29-18-11-19(33)14-20(12-18)37-3/h4-14,16,27,33H,15H2,1-3H3,(H,28,34)(H,29,30)(H,31,32). The Labute approximate surface area is 220 Å². The molecule has 12 heteroatoms. The van der Waals surface area contributed by atoms with E-state index in [1.54, 1.807) is 36.4 Å². The van der Waals surface area contributed by atoms with E-state index < -0.39 is 10.0 Å². The molecule has 1 aromatic heterocycles. The van der Waals surface area contributed by atoms with Gasteiger partial charge in [0, 0.05) is 35.6 Å². The van der Waals surface area contributed by atoms with Gasteiger partial charge in [-0.15, -0.1) is 0 Å². The number of amides is 1. The molecule has 0 aliphatic heterocycles. The highest BCUT2D eigenvalue weighted by Crippen LogP contribution is 2.31. The minimum absolute atomic E-state index is 0.0508. The Morgan fingerprint density at radius 1 is 0.947 bits per heavy atom. The van der Waals surface area contributed by atoms with Gasteiger partial charge in [0.2, 0.25) is 5.91 Å². The molecule has 0 saturated heterocycles. The summed E-state index contributed by atoms with van der Waals surface area (Å²) in [5.74, 6) is 0.108. The van der Waals surface area contributed by atoms with E-state index >= 15 is 0 Å². The number of carbonyl (C=O) groups is 1. The van der Waals surface area contributed by atoms with Gasteiger partial charge in [-0.05, 0) is 30.3 Å². The lowest BCUT2D eigenvalue weighted by atomic mass is 10.2. The first kappa shape index (κ1) is 26.6. The van der Waals surface area contributed by atoms with Gasteiger partial charge in [0.1, 0.15) is 11.5 Å². The fourth-order valence-electron chi connectivity index (χ4n) is 3.50. The molecule has 198 valence electrons. The number of benzene rings is 3. The molecule has 0 aliphatic rings. The predicted octanol–water partition coefficient (Wildman–Crippen LogP) is 3.82. The number of aromatic nitrogens is 2. The first-order chi connectivity index (χ1) is 18.1. The van der Waals surface area contributed by atoms with Crippen molar-refractivity contribution in [3.63, 3.8) is 0 Å². The van der Waals surface area contributed by atoms with Gasteiger partial charge >= 0.3 is 0 Å². The third kappa shape index (κ3) is 6.66. The number of fused-ring (bicyclic) bond motifs is 1. The molecule has 0 aliphatic carbocycles. The first-order valence-electron chi connectivity index (χ1n) is 11.7. The van der Waals surface area contributed by atoms with Crippen molar-refractivity contribution < 1.29 is 23.1 Å². The Morgan fingerprint density at radius 2 is 1.66 bits per heavy atom. The van der Waals surface area contributed by atoms with Crippen LogP contribution in [0.4, 0.5) is 23.0 Å². The summed E-state index contributed by atoms with van der Waals surface area (Å²) in [6.07, 6.45) is 0. The summed E-state index contributed by atoms with van der Waals surface area (Å²) in [5.41, 5.74) is 1.75. The van der Waals surface area contributed by atoms with Crippen molar-refractivity contribution in [2.75, 3.05) is 29.0 Å². The molecular formula is C26H28N6O5S. The van der Waals surface area contributed by atoms with Crippen molar-refractivity contribution in [2.24, 2.45) is 0 Å². The van der Waals surface area contributed by atoms with Gasteiger partial charge in [0.25, 0.3) is 10.0 Å². The number of aromatic hydroxyl groups is 1. The number of hydrogen-bond donors (Lipinski definition) is 5. The lowest BCUT2D eigenvalue weighted by molar-refractivity contribution is -0.115. The van der Waals surface area contributed by atoms with Crippen molar-refractivity contribution in [1.29, 1.82) is 0 Å². The molecular weight excluding hydrogens is 508 g/mol. The molecule has 0 spiro atoms. The van der Waals surface area contributed by atoms with E-state index in [4.69, 9.17) is 4.74 Å². The van der Waals surface area contributed by atoms with Crippen LogP contribution in [0.5, 0.6) is 11.5 Å². The number of ether oxygens (including phenoxy) is 1. The molecule has 3 aromatic carbocycles. The number of phenolic OH excluding ortho intramolecular Hbond substituents is 1. The van der Waals surface area contributed by atoms with E-state index in [1.807, 2.05) is 13.8 Å². The van der Waals surface area contributed by atoms with E-state index in [0.29, 0.717) is 28.2 Å². The summed E-state index contributed by atoms with van der Waals surface area (Å²) < 4.78 is 34.4. The Hall–Kier alpha value is -4.42. The fourth-order valence-corrected chi connectivity index (χ4v) is 4.55. The van der Waals surface area contributed by atoms with Crippen molar-refractivity contribution in [3.05, 3.63) is 66.7 Å². The van der Waals surface area contributed by atoms with E-state index in [1.165, 1.54) is 37.4 Å². The topological polar surface area (TPSA) is 155 Å². The van der Waals surface area contributed by atoms with Crippen molar-refractivity contribution in [1.82, 2.24) is 15.3 Å². The third-order valence-corrected chi connectivity index (χ3v) is 6.63. The summed E-state index contributed by atoms with van der Waals surface area (Å²) >= 11 is 0. The summed E-state index contributed by atoms with van der Waals surface area (Å²) in [6, 6.07) is 17.5. The van der Waals surface area contributed by atoms with Crippen LogP contribution < -0.4 is 25.4 Å². The quantitative estimate of drug-likeness (QED) is 0.203. The normalized spacial score (nSPS) is 11.4. The molecule has 0 unspecified atom stereocenters. The average Bonchev–Trinajstić information content (AvgIpc) is 2.87. The Bertz CT molecular complexity index is 1580. The minimum atomic E-state index is -4.14. The summed E-state index contributed by atoms with van der Waals surface area (Å²) in [6.45, 7) is 3.93. The molecule has 38 heavy (non-hydrogen) atoms. The zero-order valence-corrected chi connectivity index (χ0v) is 21.8. The lowest BCUT2D eigenvalue weighted by Crippen LogP contribution is -2.32. The Kier molecular flexibility index (Phi) is 7.93. The molecule has 5 N–H and O–H groups in total. The average molecular weight is 537 g/mol. The monoisotopic (exact) mass is 536 g/mol. The van der Waals surface area contributed by atoms with Crippen LogP contribution in [0.15, 0.2) is 71.6 Å². The molecule has 0 atom stereocenters. The van der Waals surface area contributed by atoms with Crippen LogP contribution in [0.2, 0.25) is 0 Å². The lowest BCUT2D eigenvalue weighted by Gasteiger charge is -2.15. The highest BCUT2D eigenvalue weighted by molar-refractivity contribution is 7.92. The zero-order chi connectivity index (χ0) is 27.3. The van der Waals surface area contributed by atoms with Crippen molar-refractivity contribution >= 4 is 50.0 Å². The van der Waals surface area contributed by atoms with Crippen LogP contribution in [-0.4, -0.2) is 49.1 Å². The largest absolute Gasteiger partial charge is 0.508 e. The summed E-state index contributed by atoms with van der Waals surface area (Å²) in [4.78, 5) is 21.1. The molecule has 0 fully saturated rings. The number of methoxy groups -OCH3 is 1. The second-order valence-corrected chi connectivity index (χ2v) is 10.4. The number of nitrogens with one attached hydrogen (secondary N) is 4. The number of anilines is 4. The van der Waals surface area contributed by atoms with Crippen molar-refractivity contribution in [3.8, 4) is 11.5 Å². The number of sulfonamides is 1. The van der Waals surface area contributed by atoms with Gasteiger partial charge in [-0.2, -0.15) is 0 Å². The van der Waals surface area contributed by atoms with Crippen molar-refractivity contribution in [2.45, 2.75) is 24.8 Å². The van der Waals surface area contributed by atoms with Crippen LogP contribution in [0, 0.1) is 0 Å². The van der Waals surface area contributed by atoms with Crippen LogP contribution >= 0.6 is 0 Å². The first-order valence-corrected chi connectivity index (χ1v) is 13.2. The summed E-state index contributed by atoms with van der Waals surface area (Å²) in [7, 11) is -2.67.